The quantitative estimate of drug-likeness (QED) is 0.656. The van der Waals surface area contributed by atoms with Crippen molar-refractivity contribution in [3.8, 4) is 0 Å². The van der Waals surface area contributed by atoms with E-state index in [9.17, 15) is 9.59 Å². The van der Waals surface area contributed by atoms with Crippen LogP contribution in [0.15, 0.2) is 48.8 Å². The van der Waals surface area contributed by atoms with Crippen LogP contribution in [0.3, 0.4) is 0 Å². The first-order chi connectivity index (χ1) is 17.6. The molecule has 2 aromatic rings. The fraction of sp³-hybridized carbons (Fsp3) is 0.552. The highest BCUT2D eigenvalue weighted by atomic mass is 16.2. The van der Waals surface area contributed by atoms with Crippen LogP contribution in [0.4, 0.5) is 5.69 Å². The van der Waals surface area contributed by atoms with Gasteiger partial charge in [0.15, 0.2) is 0 Å². The van der Waals surface area contributed by atoms with E-state index in [0.29, 0.717) is 31.7 Å². The topological polar surface area (TPSA) is 60.0 Å². The number of piperidine rings is 1. The van der Waals surface area contributed by atoms with Gasteiger partial charge in [-0.15, -0.1) is 0 Å². The van der Waals surface area contributed by atoms with Gasteiger partial charge in [0.1, 0.15) is 0 Å². The molecule has 1 aromatic carbocycles. The summed E-state index contributed by atoms with van der Waals surface area (Å²) in [5.41, 5.74) is 3.24. The van der Waals surface area contributed by atoms with Gasteiger partial charge < -0.3 is 9.80 Å². The van der Waals surface area contributed by atoms with Crippen LogP contribution in [0.1, 0.15) is 56.6 Å². The summed E-state index contributed by atoms with van der Waals surface area (Å²) in [5, 5.41) is 0. The van der Waals surface area contributed by atoms with Crippen LogP contribution in [-0.4, -0.2) is 76.3 Å². The summed E-state index contributed by atoms with van der Waals surface area (Å²) in [6.07, 6.45) is 10.4. The second-order valence-electron chi connectivity index (χ2n) is 10.6. The van der Waals surface area contributed by atoms with Crippen LogP contribution in [-0.2, 0) is 22.7 Å². The Kier molecular flexibility index (Phi) is 7.97. The third kappa shape index (κ3) is 5.79. The number of carbonyl (C=O) groups excluding carboxylic acids is 2. The maximum atomic E-state index is 13.8. The van der Waals surface area contributed by atoms with Gasteiger partial charge in [0.2, 0.25) is 11.8 Å². The van der Waals surface area contributed by atoms with Crippen LogP contribution in [0.25, 0.3) is 0 Å². The predicted molar refractivity (Wildman–Crippen MR) is 141 cm³/mol. The Balaban J connectivity index is 1.46. The van der Waals surface area contributed by atoms with Crippen molar-refractivity contribution in [1.82, 2.24) is 19.7 Å². The molecule has 2 atom stereocenters. The third-order valence-corrected chi connectivity index (χ3v) is 8.19. The number of amides is 2. The Morgan fingerprint density at radius 2 is 1.67 bits per heavy atom. The number of anilines is 1. The van der Waals surface area contributed by atoms with E-state index in [0.717, 1.165) is 56.7 Å². The van der Waals surface area contributed by atoms with E-state index >= 15 is 0 Å². The van der Waals surface area contributed by atoms with E-state index in [1.54, 1.807) is 6.92 Å². The number of hydrogen-bond donors (Lipinski definition) is 0. The molecule has 0 N–H and O–H groups in total. The van der Waals surface area contributed by atoms with E-state index in [2.05, 4.69) is 37.9 Å². The summed E-state index contributed by atoms with van der Waals surface area (Å²) >= 11 is 0. The standard InChI is InChI=1S/C29H39N5O2/c1-23(35)33-18-13-26-9-10-27(34(26)19-24-11-14-30-15-12-24)21-32(20-25-7-3-4-8-28(25)33)29(36)22-31-16-5-2-6-17-31/h3-4,7-8,11-12,14-15,26-27H,2,5-6,9-10,13,16-22H2,1H3. The van der Waals surface area contributed by atoms with Gasteiger partial charge in [0, 0.05) is 63.3 Å². The smallest absolute Gasteiger partial charge is 0.237 e. The van der Waals surface area contributed by atoms with Gasteiger partial charge in [0.25, 0.3) is 0 Å². The van der Waals surface area contributed by atoms with Gasteiger partial charge in [-0.3, -0.25) is 24.4 Å². The van der Waals surface area contributed by atoms with Crippen molar-refractivity contribution in [2.45, 2.75) is 70.6 Å². The summed E-state index contributed by atoms with van der Waals surface area (Å²) in [4.78, 5) is 39.6. The van der Waals surface area contributed by atoms with Gasteiger partial charge in [-0.25, -0.2) is 0 Å². The number of rotatable bonds is 4. The lowest BCUT2D eigenvalue weighted by Crippen LogP contribution is -2.48. The molecule has 192 valence electrons. The first kappa shape index (κ1) is 24.9. The zero-order valence-electron chi connectivity index (χ0n) is 21.5. The van der Waals surface area contributed by atoms with Crippen LogP contribution >= 0.6 is 0 Å². The Bertz CT molecular complexity index is 1040. The molecule has 36 heavy (non-hydrogen) atoms. The normalized spacial score (nSPS) is 23.7. The third-order valence-electron chi connectivity index (χ3n) is 8.19. The van der Waals surface area contributed by atoms with Gasteiger partial charge in [-0.05, 0) is 74.5 Å². The summed E-state index contributed by atoms with van der Waals surface area (Å²) in [6, 6.07) is 13.0. The maximum absolute atomic E-state index is 13.8. The minimum absolute atomic E-state index is 0.0584. The van der Waals surface area contributed by atoms with Crippen LogP contribution in [0.2, 0.25) is 0 Å². The SMILES string of the molecule is CC(=O)N1CCC2CCC(CN(C(=O)CN3CCCCC3)Cc3ccccc31)N2Cc1ccncc1. The molecule has 4 heterocycles. The molecule has 3 aliphatic rings. The van der Waals surface area contributed by atoms with E-state index < -0.39 is 0 Å². The molecule has 2 fully saturated rings. The average molecular weight is 490 g/mol. The summed E-state index contributed by atoms with van der Waals surface area (Å²) < 4.78 is 0. The number of para-hydroxylation sites is 1. The second kappa shape index (κ2) is 11.5. The first-order valence-electron chi connectivity index (χ1n) is 13.6. The van der Waals surface area contributed by atoms with Gasteiger partial charge in [-0.2, -0.15) is 0 Å². The molecule has 3 aliphatic heterocycles. The highest BCUT2D eigenvalue weighted by molar-refractivity contribution is 5.92. The summed E-state index contributed by atoms with van der Waals surface area (Å²) in [6.45, 7) is 6.96. The Morgan fingerprint density at radius 3 is 2.44 bits per heavy atom. The van der Waals surface area contributed by atoms with Crippen molar-refractivity contribution in [2.24, 2.45) is 0 Å². The average Bonchev–Trinajstić information content (AvgIpc) is 3.25. The van der Waals surface area contributed by atoms with E-state index in [4.69, 9.17) is 0 Å². The molecule has 2 unspecified atom stereocenters. The number of pyridine rings is 1. The van der Waals surface area contributed by atoms with Crippen LogP contribution in [0, 0.1) is 0 Å². The molecule has 2 saturated heterocycles. The zero-order chi connectivity index (χ0) is 24.9. The molecule has 0 radical (unpaired) electrons. The lowest BCUT2D eigenvalue weighted by molar-refractivity contribution is -0.134. The van der Waals surface area contributed by atoms with E-state index in [-0.39, 0.29) is 11.8 Å². The van der Waals surface area contributed by atoms with Crippen LogP contribution in [0.5, 0.6) is 0 Å². The molecule has 2 amide bonds. The number of nitrogens with zero attached hydrogens (tertiary/aromatic N) is 5. The number of likely N-dealkylation sites (tertiary alicyclic amines) is 1. The van der Waals surface area contributed by atoms with Gasteiger partial charge >= 0.3 is 0 Å². The van der Waals surface area contributed by atoms with Gasteiger partial charge in [-0.1, -0.05) is 24.6 Å². The fourth-order valence-electron chi connectivity index (χ4n) is 6.23. The predicted octanol–water partition coefficient (Wildman–Crippen LogP) is 3.69. The number of benzene rings is 1. The molecule has 1 aromatic heterocycles. The van der Waals surface area contributed by atoms with Crippen molar-refractivity contribution < 1.29 is 9.59 Å². The molecule has 0 aliphatic carbocycles. The molecular formula is C29H39N5O2. The second-order valence-corrected chi connectivity index (χ2v) is 10.6. The molecule has 7 nitrogen and oxygen atoms in total. The fourth-order valence-corrected chi connectivity index (χ4v) is 6.23. The molecule has 7 heteroatoms. The molecular weight excluding hydrogens is 450 g/mol. The first-order valence-corrected chi connectivity index (χ1v) is 13.6. The molecule has 5 rings (SSSR count). The van der Waals surface area contributed by atoms with Crippen molar-refractivity contribution in [1.29, 1.82) is 0 Å². The number of hydrogen-bond acceptors (Lipinski definition) is 5. The van der Waals surface area contributed by atoms with Crippen molar-refractivity contribution in [3.05, 3.63) is 59.9 Å². The molecule has 0 saturated carbocycles. The highest BCUT2D eigenvalue weighted by Crippen LogP contribution is 2.32. The Labute approximate surface area is 215 Å². The van der Waals surface area contributed by atoms with Gasteiger partial charge in [0.05, 0.1) is 6.54 Å². The molecule has 2 bridgehead atoms. The summed E-state index contributed by atoms with van der Waals surface area (Å²) in [7, 11) is 0. The van der Waals surface area contributed by atoms with Crippen molar-refractivity contribution in [2.75, 3.05) is 37.6 Å². The van der Waals surface area contributed by atoms with Crippen molar-refractivity contribution in [3.63, 3.8) is 0 Å². The summed E-state index contributed by atoms with van der Waals surface area (Å²) in [5.74, 6) is 0.260. The zero-order valence-corrected chi connectivity index (χ0v) is 21.5. The number of fused-ring (bicyclic) bond motifs is 3. The van der Waals surface area contributed by atoms with Crippen molar-refractivity contribution >= 4 is 17.5 Å². The lowest BCUT2D eigenvalue weighted by atomic mass is 10.1. The number of aromatic nitrogens is 1. The monoisotopic (exact) mass is 489 g/mol. The molecule has 0 spiro atoms. The maximum Gasteiger partial charge on any atom is 0.237 e. The number of carbonyl (C=O) groups is 2. The minimum Gasteiger partial charge on any atom is -0.336 e. The van der Waals surface area contributed by atoms with Crippen LogP contribution < -0.4 is 4.90 Å². The Morgan fingerprint density at radius 1 is 0.917 bits per heavy atom. The van der Waals surface area contributed by atoms with E-state index in [1.807, 2.05) is 35.5 Å². The minimum atomic E-state index is 0.0584. The highest BCUT2D eigenvalue weighted by Gasteiger charge is 2.36. The lowest BCUT2D eigenvalue weighted by Gasteiger charge is -2.35. The Hall–Kier alpha value is -2.77. The largest absolute Gasteiger partial charge is 0.336 e. The van der Waals surface area contributed by atoms with E-state index in [1.165, 1.54) is 24.8 Å².